The average molecular weight is 262 g/mol. The van der Waals surface area contributed by atoms with E-state index in [0.29, 0.717) is 0 Å². The van der Waals surface area contributed by atoms with Crippen LogP contribution in [0, 0.1) is 5.82 Å². The van der Waals surface area contributed by atoms with Crippen LogP contribution in [0.5, 0.6) is 0 Å². The van der Waals surface area contributed by atoms with E-state index in [1.807, 2.05) is 0 Å². The first-order valence-corrected chi connectivity index (χ1v) is 6.91. The van der Waals surface area contributed by atoms with Crippen LogP contribution in [0.3, 0.4) is 0 Å². The summed E-state index contributed by atoms with van der Waals surface area (Å²) in [4.78, 5) is 13.6. The molecule has 1 aromatic carbocycles. The van der Waals surface area contributed by atoms with E-state index in [9.17, 15) is 9.18 Å². The van der Waals surface area contributed by atoms with Crippen molar-refractivity contribution >= 4 is 11.6 Å². The number of carbonyl (C=O) groups excluding carboxylic acids is 1. The van der Waals surface area contributed by atoms with Crippen LogP contribution in [0.1, 0.15) is 31.7 Å². The highest BCUT2D eigenvalue weighted by atomic mass is 19.1. The highest BCUT2D eigenvalue weighted by molar-refractivity contribution is 5.92. The van der Waals surface area contributed by atoms with Crippen molar-refractivity contribution in [2.45, 2.75) is 31.6 Å². The van der Waals surface area contributed by atoms with Crippen LogP contribution >= 0.6 is 0 Å². The van der Waals surface area contributed by atoms with E-state index in [1.165, 1.54) is 6.07 Å². The second kappa shape index (κ2) is 4.60. The lowest BCUT2D eigenvalue weighted by molar-refractivity contribution is -0.116. The average Bonchev–Trinajstić information content (AvgIpc) is 2.78. The van der Waals surface area contributed by atoms with Gasteiger partial charge in [-0.25, -0.2) is 4.39 Å². The van der Waals surface area contributed by atoms with Crippen molar-refractivity contribution in [3.8, 4) is 0 Å². The summed E-state index contributed by atoms with van der Waals surface area (Å²) < 4.78 is 13.7. The molecule has 1 saturated heterocycles. The molecule has 1 N–H and O–H groups in total. The number of nitrogens with one attached hydrogen (secondary N) is 1. The van der Waals surface area contributed by atoms with Crippen molar-refractivity contribution in [2.75, 3.05) is 24.5 Å². The fraction of sp³-hybridized carbons (Fsp3) is 0.533. The molecule has 1 unspecified atom stereocenters. The van der Waals surface area contributed by atoms with Gasteiger partial charge in [-0.05, 0) is 49.6 Å². The quantitative estimate of drug-likeness (QED) is 0.777. The number of anilines is 1. The molecule has 102 valence electrons. The second-order valence-corrected chi connectivity index (χ2v) is 5.64. The molecule has 0 bridgehead atoms. The van der Waals surface area contributed by atoms with Gasteiger partial charge in [0.05, 0.1) is 0 Å². The summed E-state index contributed by atoms with van der Waals surface area (Å²) in [7, 11) is 0. The molecule has 0 saturated carbocycles. The van der Waals surface area contributed by atoms with Gasteiger partial charge in [0.15, 0.2) is 0 Å². The third kappa shape index (κ3) is 2.04. The predicted octanol–water partition coefficient (Wildman–Crippen LogP) is 2.20. The minimum absolute atomic E-state index is 0.00162. The van der Waals surface area contributed by atoms with E-state index >= 15 is 0 Å². The zero-order valence-corrected chi connectivity index (χ0v) is 11.2. The number of fused-ring (bicyclic) bond motifs is 2. The van der Waals surface area contributed by atoms with Crippen molar-refractivity contribution in [3.63, 3.8) is 0 Å². The summed E-state index contributed by atoms with van der Waals surface area (Å²) in [5.74, 6) is -0.175. The first-order chi connectivity index (χ1) is 9.12. The molecule has 4 heteroatoms. The molecule has 1 aromatic rings. The van der Waals surface area contributed by atoms with Crippen molar-refractivity contribution in [2.24, 2.45) is 0 Å². The number of carbonyl (C=O) groups is 1. The van der Waals surface area contributed by atoms with Gasteiger partial charge < -0.3 is 10.2 Å². The maximum atomic E-state index is 13.7. The summed E-state index contributed by atoms with van der Waals surface area (Å²) >= 11 is 0. The standard InChI is InChI=1S/C15H19FN2O/c1-11(19)18-8-2-5-15(6-7-17-10-15)13-9-12(16)3-4-14(13)18/h3-4,9,17H,2,5-8,10H2,1H3. The molecule has 2 heterocycles. The molecule has 1 fully saturated rings. The number of hydrogen-bond acceptors (Lipinski definition) is 2. The molecule has 2 aliphatic rings. The highest BCUT2D eigenvalue weighted by Gasteiger charge is 2.40. The maximum Gasteiger partial charge on any atom is 0.223 e. The fourth-order valence-corrected chi connectivity index (χ4v) is 3.51. The summed E-state index contributed by atoms with van der Waals surface area (Å²) in [6.07, 6.45) is 3.01. The van der Waals surface area contributed by atoms with Crippen LogP contribution in [-0.4, -0.2) is 25.5 Å². The molecule has 3 rings (SSSR count). The molecule has 19 heavy (non-hydrogen) atoms. The lowest BCUT2D eigenvalue weighted by atomic mass is 9.76. The van der Waals surface area contributed by atoms with Crippen LogP contribution in [0.25, 0.3) is 0 Å². The summed E-state index contributed by atoms with van der Waals surface area (Å²) in [5, 5.41) is 3.39. The number of nitrogens with zero attached hydrogens (tertiary/aromatic N) is 1. The van der Waals surface area contributed by atoms with Gasteiger partial charge in [0.2, 0.25) is 5.91 Å². The Morgan fingerprint density at radius 1 is 1.42 bits per heavy atom. The van der Waals surface area contributed by atoms with Crippen molar-refractivity contribution in [3.05, 3.63) is 29.6 Å². The normalized spacial score (nSPS) is 26.3. The van der Waals surface area contributed by atoms with Gasteiger partial charge in [-0.3, -0.25) is 4.79 Å². The van der Waals surface area contributed by atoms with Gasteiger partial charge in [0.1, 0.15) is 5.82 Å². The monoisotopic (exact) mass is 262 g/mol. The minimum Gasteiger partial charge on any atom is -0.316 e. The molecule has 1 spiro atoms. The van der Waals surface area contributed by atoms with Gasteiger partial charge in [-0.15, -0.1) is 0 Å². The lowest BCUT2D eigenvalue weighted by Gasteiger charge is -2.30. The fourth-order valence-electron chi connectivity index (χ4n) is 3.51. The number of halogens is 1. The van der Waals surface area contributed by atoms with Crippen LogP contribution in [0.2, 0.25) is 0 Å². The second-order valence-electron chi connectivity index (χ2n) is 5.64. The van der Waals surface area contributed by atoms with E-state index in [-0.39, 0.29) is 17.1 Å². The molecular weight excluding hydrogens is 243 g/mol. The van der Waals surface area contributed by atoms with E-state index in [0.717, 1.165) is 50.1 Å². The van der Waals surface area contributed by atoms with Gasteiger partial charge in [0.25, 0.3) is 0 Å². The molecule has 0 aromatic heterocycles. The first-order valence-electron chi connectivity index (χ1n) is 6.91. The van der Waals surface area contributed by atoms with Crippen LogP contribution in [-0.2, 0) is 10.2 Å². The number of hydrogen-bond donors (Lipinski definition) is 1. The Bertz CT molecular complexity index is 509. The van der Waals surface area contributed by atoms with E-state index in [4.69, 9.17) is 0 Å². The molecule has 2 aliphatic heterocycles. The van der Waals surface area contributed by atoms with E-state index < -0.39 is 0 Å². The van der Waals surface area contributed by atoms with Gasteiger partial charge in [-0.1, -0.05) is 0 Å². The maximum absolute atomic E-state index is 13.7. The molecule has 3 nitrogen and oxygen atoms in total. The zero-order chi connectivity index (χ0) is 13.5. The van der Waals surface area contributed by atoms with E-state index in [2.05, 4.69) is 5.32 Å². The Hall–Kier alpha value is -1.42. The molecule has 1 atom stereocenters. The first kappa shape index (κ1) is 12.6. The number of rotatable bonds is 0. The summed E-state index contributed by atoms with van der Waals surface area (Å²) in [6.45, 7) is 4.17. The Morgan fingerprint density at radius 2 is 2.26 bits per heavy atom. The number of amides is 1. The van der Waals surface area contributed by atoms with E-state index in [1.54, 1.807) is 24.0 Å². The van der Waals surface area contributed by atoms with Crippen molar-refractivity contribution < 1.29 is 9.18 Å². The van der Waals surface area contributed by atoms with Gasteiger partial charge in [-0.2, -0.15) is 0 Å². The Labute approximate surface area is 112 Å². The van der Waals surface area contributed by atoms with Crippen LogP contribution in [0.15, 0.2) is 18.2 Å². The Morgan fingerprint density at radius 3 is 2.95 bits per heavy atom. The summed E-state index contributed by atoms with van der Waals surface area (Å²) in [6, 6.07) is 4.84. The number of benzene rings is 1. The van der Waals surface area contributed by atoms with Gasteiger partial charge in [0, 0.05) is 31.1 Å². The Balaban J connectivity index is 2.15. The third-order valence-electron chi connectivity index (χ3n) is 4.48. The molecular formula is C15H19FN2O. The van der Waals surface area contributed by atoms with Gasteiger partial charge >= 0.3 is 0 Å². The zero-order valence-electron chi connectivity index (χ0n) is 11.2. The smallest absolute Gasteiger partial charge is 0.223 e. The highest BCUT2D eigenvalue weighted by Crippen LogP contribution is 2.43. The SMILES string of the molecule is CC(=O)N1CCCC2(CCNC2)c2cc(F)ccc21. The molecule has 1 amide bonds. The molecule has 0 aliphatic carbocycles. The van der Waals surface area contributed by atoms with Crippen molar-refractivity contribution in [1.29, 1.82) is 0 Å². The molecule has 0 radical (unpaired) electrons. The predicted molar refractivity (Wildman–Crippen MR) is 72.8 cm³/mol. The van der Waals surface area contributed by atoms with Crippen molar-refractivity contribution in [1.82, 2.24) is 5.32 Å². The van der Waals surface area contributed by atoms with Crippen LogP contribution in [0.4, 0.5) is 10.1 Å². The minimum atomic E-state index is -0.213. The van der Waals surface area contributed by atoms with Crippen LogP contribution < -0.4 is 10.2 Å². The third-order valence-corrected chi connectivity index (χ3v) is 4.48. The lowest BCUT2D eigenvalue weighted by Crippen LogP contribution is -2.31. The topological polar surface area (TPSA) is 32.3 Å². The summed E-state index contributed by atoms with van der Waals surface area (Å²) in [5.41, 5.74) is 1.90. The largest absolute Gasteiger partial charge is 0.316 e. The Kier molecular flexibility index (Phi) is 3.05.